The average molecular weight is 217 g/mol. The van der Waals surface area contributed by atoms with Crippen LogP contribution < -0.4 is 5.32 Å². The molecule has 3 N–H and O–H groups in total. The van der Waals surface area contributed by atoms with E-state index < -0.39 is 11.6 Å². The average Bonchev–Trinajstić information content (AvgIpc) is 2.09. The number of rotatable bonds is 6. The summed E-state index contributed by atoms with van der Waals surface area (Å²) in [6.07, 6.45) is 3.13. The number of carbonyl (C=O) groups is 1. The summed E-state index contributed by atoms with van der Waals surface area (Å²) in [5.74, 6) is -1.21. The molecule has 0 amide bonds. The first-order valence-electron chi connectivity index (χ1n) is 5.14. The Kier molecular flexibility index (Phi) is 3.70. The summed E-state index contributed by atoms with van der Waals surface area (Å²) in [5, 5.41) is 21.1. The third-order valence-corrected chi connectivity index (χ3v) is 3.07. The van der Waals surface area contributed by atoms with Crippen molar-refractivity contribution >= 4 is 5.97 Å². The zero-order chi connectivity index (χ0) is 11.5. The fourth-order valence-electron chi connectivity index (χ4n) is 1.63. The Morgan fingerprint density at radius 2 is 2.20 bits per heavy atom. The lowest BCUT2D eigenvalue weighted by Gasteiger charge is -2.41. The molecule has 5 heteroatoms. The van der Waals surface area contributed by atoms with Crippen LogP contribution in [0.5, 0.6) is 0 Å². The Hall–Kier alpha value is -0.650. The smallest absolute Gasteiger partial charge is 0.336 e. The van der Waals surface area contributed by atoms with E-state index in [1.165, 1.54) is 6.92 Å². The fraction of sp³-hybridized carbons (Fsp3) is 0.900. The molecule has 1 aliphatic rings. The van der Waals surface area contributed by atoms with Gasteiger partial charge in [-0.15, -0.1) is 0 Å². The van der Waals surface area contributed by atoms with Crippen LogP contribution in [0.4, 0.5) is 0 Å². The molecule has 0 aromatic carbocycles. The van der Waals surface area contributed by atoms with Crippen molar-refractivity contribution in [2.45, 2.75) is 37.4 Å². The van der Waals surface area contributed by atoms with Crippen molar-refractivity contribution in [3.8, 4) is 0 Å². The number of carboxylic acids is 1. The first-order chi connectivity index (χ1) is 6.92. The molecule has 0 heterocycles. The third-order valence-electron chi connectivity index (χ3n) is 3.07. The summed E-state index contributed by atoms with van der Waals surface area (Å²) in [5.41, 5.74) is -1.85. The normalized spacial score (nSPS) is 22.9. The molecule has 0 aromatic rings. The Labute approximate surface area is 89.4 Å². The summed E-state index contributed by atoms with van der Waals surface area (Å²) >= 11 is 0. The number of carboxylic acid groups (broad SMARTS) is 1. The van der Waals surface area contributed by atoms with Gasteiger partial charge in [0.2, 0.25) is 0 Å². The highest BCUT2D eigenvalue weighted by Crippen LogP contribution is 2.34. The Morgan fingerprint density at radius 3 is 2.53 bits per heavy atom. The van der Waals surface area contributed by atoms with Gasteiger partial charge in [0.25, 0.3) is 0 Å². The maximum atomic E-state index is 10.6. The van der Waals surface area contributed by atoms with Crippen LogP contribution in [0.3, 0.4) is 0 Å². The molecule has 5 nitrogen and oxygen atoms in total. The molecule has 88 valence electrons. The largest absolute Gasteiger partial charge is 0.479 e. The highest BCUT2D eigenvalue weighted by atomic mass is 16.5. The van der Waals surface area contributed by atoms with Crippen molar-refractivity contribution in [2.75, 3.05) is 20.2 Å². The summed E-state index contributed by atoms with van der Waals surface area (Å²) in [6.45, 7) is 1.91. The van der Waals surface area contributed by atoms with Gasteiger partial charge in [0.1, 0.15) is 0 Å². The number of hydrogen-bond acceptors (Lipinski definition) is 4. The lowest BCUT2D eigenvalue weighted by molar-refractivity contribution is -0.156. The predicted octanol–water partition coefficient (Wildman–Crippen LogP) is -0.0193. The molecule has 0 aliphatic heterocycles. The molecule has 1 aliphatic carbocycles. The second-order valence-electron chi connectivity index (χ2n) is 4.42. The molecule has 1 saturated carbocycles. The summed E-state index contributed by atoms with van der Waals surface area (Å²) in [7, 11) is 1.66. The van der Waals surface area contributed by atoms with Gasteiger partial charge in [-0.05, 0) is 26.2 Å². The van der Waals surface area contributed by atoms with Gasteiger partial charge in [-0.2, -0.15) is 0 Å². The van der Waals surface area contributed by atoms with Gasteiger partial charge in [0.05, 0.1) is 5.60 Å². The molecule has 0 aromatic heterocycles. The molecule has 15 heavy (non-hydrogen) atoms. The van der Waals surface area contributed by atoms with Gasteiger partial charge < -0.3 is 20.3 Å². The van der Waals surface area contributed by atoms with Gasteiger partial charge in [0.15, 0.2) is 5.60 Å². The number of nitrogens with one attached hydrogen (secondary N) is 1. The third kappa shape index (κ3) is 2.90. The highest BCUT2D eigenvalue weighted by molar-refractivity contribution is 5.76. The minimum absolute atomic E-state index is 0.0352. The van der Waals surface area contributed by atoms with Gasteiger partial charge in [-0.25, -0.2) is 4.79 Å². The second kappa shape index (κ2) is 4.47. The Morgan fingerprint density at radius 1 is 1.60 bits per heavy atom. The van der Waals surface area contributed by atoms with E-state index in [0.29, 0.717) is 6.54 Å². The van der Waals surface area contributed by atoms with Gasteiger partial charge in [0, 0.05) is 20.2 Å². The van der Waals surface area contributed by atoms with Gasteiger partial charge >= 0.3 is 5.97 Å². The SMILES string of the molecule is COC1(CNCC(C)(O)C(=O)O)CCC1. The predicted molar refractivity (Wildman–Crippen MR) is 54.7 cm³/mol. The molecule has 0 radical (unpaired) electrons. The van der Waals surface area contributed by atoms with Crippen LogP contribution in [0.2, 0.25) is 0 Å². The minimum Gasteiger partial charge on any atom is -0.479 e. The zero-order valence-corrected chi connectivity index (χ0v) is 9.25. The molecule has 0 saturated heterocycles. The zero-order valence-electron chi connectivity index (χ0n) is 9.25. The number of aliphatic hydroxyl groups is 1. The number of methoxy groups -OCH3 is 1. The van der Waals surface area contributed by atoms with E-state index in [0.717, 1.165) is 19.3 Å². The van der Waals surface area contributed by atoms with E-state index in [1.807, 2.05) is 0 Å². The van der Waals surface area contributed by atoms with E-state index in [2.05, 4.69) is 5.32 Å². The van der Waals surface area contributed by atoms with Crippen LogP contribution >= 0.6 is 0 Å². The van der Waals surface area contributed by atoms with E-state index >= 15 is 0 Å². The fourth-order valence-corrected chi connectivity index (χ4v) is 1.63. The summed E-state index contributed by atoms with van der Waals surface area (Å²) in [4.78, 5) is 10.6. The van der Waals surface area contributed by atoms with Crippen LogP contribution in [0.15, 0.2) is 0 Å². The molecule has 1 unspecified atom stereocenters. The molecule has 1 rings (SSSR count). The van der Waals surface area contributed by atoms with Gasteiger partial charge in [-0.3, -0.25) is 0 Å². The van der Waals surface area contributed by atoms with Crippen LogP contribution in [-0.4, -0.2) is 47.6 Å². The van der Waals surface area contributed by atoms with Crippen LogP contribution in [0, 0.1) is 0 Å². The lowest BCUT2D eigenvalue weighted by atomic mass is 9.80. The number of aliphatic carboxylic acids is 1. The lowest BCUT2D eigenvalue weighted by Crippen LogP contribution is -2.52. The van der Waals surface area contributed by atoms with Crippen molar-refractivity contribution in [3.63, 3.8) is 0 Å². The second-order valence-corrected chi connectivity index (χ2v) is 4.42. The minimum atomic E-state index is -1.71. The maximum absolute atomic E-state index is 10.6. The van der Waals surface area contributed by atoms with E-state index in [1.54, 1.807) is 7.11 Å². The standard InChI is InChI=1S/C10H19NO4/c1-9(14,8(12)13)6-11-7-10(15-2)4-3-5-10/h11,14H,3-7H2,1-2H3,(H,12,13). The number of hydrogen-bond donors (Lipinski definition) is 3. The van der Waals surface area contributed by atoms with Crippen LogP contribution in [-0.2, 0) is 9.53 Å². The van der Waals surface area contributed by atoms with E-state index in [9.17, 15) is 9.90 Å². The molecule has 1 atom stereocenters. The quantitative estimate of drug-likeness (QED) is 0.583. The van der Waals surface area contributed by atoms with Crippen molar-refractivity contribution < 1.29 is 19.7 Å². The van der Waals surface area contributed by atoms with Crippen molar-refractivity contribution in [3.05, 3.63) is 0 Å². The molecule has 1 fully saturated rings. The maximum Gasteiger partial charge on any atom is 0.336 e. The molecule has 0 spiro atoms. The van der Waals surface area contributed by atoms with Crippen LogP contribution in [0.25, 0.3) is 0 Å². The van der Waals surface area contributed by atoms with Crippen molar-refractivity contribution in [1.82, 2.24) is 5.32 Å². The van der Waals surface area contributed by atoms with Gasteiger partial charge in [-0.1, -0.05) is 0 Å². The summed E-state index contributed by atoms with van der Waals surface area (Å²) < 4.78 is 5.36. The van der Waals surface area contributed by atoms with Crippen LogP contribution in [0.1, 0.15) is 26.2 Å². The summed E-state index contributed by atoms with van der Waals surface area (Å²) in [6, 6.07) is 0. The number of ether oxygens (including phenoxy) is 1. The van der Waals surface area contributed by atoms with E-state index in [-0.39, 0.29) is 12.1 Å². The van der Waals surface area contributed by atoms with Crippen molar-refractivity contribution in [1.29, 1.82) is 0 Å². The molecular formula is C10H19NO4. The van der Waals surface area contributed by atoms with Crippen molar-refractivity contribution in [2.24, 2.45) is 0 Å². The first-order valence-corrected chi connectivity index (χ1v) is 5.14. The first kappa shape index (κ1) is 12.4. The Bertz CT molecular complexity index is 230. The highest BCUT2D eigenvalue weighted by Gasteiger charge is 2.38. The topological polar surface area (TPSA) is 78.8 Å². The molecular weight excluding hydrogens is 198 g/mol. The monoisotopic (exact) mass is 217 g/mol. The Balaban J connectivity index is 2.29. The van der Waals surface area contributed by atoms with E-state index in [4.69, 9.17) is 9.84 Å². The molecule has 0 bridgehead atoms.